The van der Waals surface area contributed by atoms with Gasteiger partial charge in [-0.2, -0.15) is 0 Å². The zero-order chi connectivity index (χ0) is 25.2. The first kappa shape index (κ1) is 26.1. The fourth-order valence-corrected chi connectivity index (χ4v) is 3.79. The molecule has 186 valence electrons. The molecule has 2 aromatic rings. The number of ether oxygens (including phenoxy) is 5. The Morgan fingerprint density at radius 3 is 1.71 bits per heavy atom. The normalized spacial score (nSPS) is 21.5. The minimum absolute atomic E-state index is 0.129. The van der Waals surface area contributed by atoms with Gasteiger partial charge in [-0.15, -0.1) is 0 Å². The van der Waals surface area contributed by atoms with Crippen LogP contribution in [-0.4, -0.2) is 48.9 Å². The first-order valence-corrected chi connectivity index (χ1v) is 11.3. The van der Waals surface area contributed by atoms with Crippen LogP contribution in [0.15, 0.2) is 72.3 Å². The summed E-state index contributed by atoms with van der Waals surface area (Å²) >= 11 is 0. The topological polar surface area (TPSA) is 97.4 Å². The summed E-state index contributed by atoms with van der Waals surface area (Å²) < 4.78 is 28.8. The van der Waals surface area contributed by atoms with E-state index < -0.39 is 42.3 Å². The number of benzene rings is 2. The molecular weight excluding hydrogens is 452 g/mol. The largest absolute Gasteiger partial charge is 0.461 e. The molecule has 0 saturated heterocycles. The quantitative estimate of drug-likeness (QED) is 0.288. The Balaban J connectivity index is 1.95. The Morgan fingerprint density at radius 1 is 0.657 bits per heavy atom. The smallest absolute Gasteiger partial charge is 0.303 e. The molecule has 0 spiro atoms. The van der Waals surface area contributed by atoms with E-state index in [4.69, 9.17) is 23.7 Å². The van der Waals surface area contributed by atoms with E-state index in [-0.39, 0.29) is 19.8 Å². The molecule has 0 saturated carbocycles. The minimum atomic E-state index is -0.948. The third-order valence-corrected chi connectivity index (χ3v) is 5.30. The number of esters is 3. The van der Waals surface area contributed by atoms with Crippen molar-refractivity contribution in [3.63, 3.8) is 0 Å². The van der Waals surface area contributed by atoms with Gasteiger partial charge >= 0.3 is 17.9 Å². The molecule has 3 rings (SSSR count). The van der Waals surface area contributed by atoms with Crippen LogP contribution in [0.3, 0.4) is 0 Å². The Kier molecular flexibility index (Phi) is 9.57. The third kappa shape index (κ3) is 8.05. The van der Waals surface area contributed by atoms with Crippen LogP contribution < -0.4 is 0 Å². The molecule has 1 aliphatic carbocycles. The molecule has 4 atom stereocenters. The van der Waals surface area contributed by atoms with Gasteiger partial charge < -0.3 is 23.7 Å². The van der Waals surface area contributed by atoms with Gasteiger partial charge in [-0.25, -0.2) is 0 Å². The highest BCUT2D eigenvalue weighted by molar-refractivity contribution is 5.68. The Labute approximate surface area is 204 Å². The van der Waals surface area contributed by atoms with E-state index >= 15 is 0 Å². The van der Waals surface area contributed by atoms with Crippen molar-refractivity contribution in [1.29, 1.82) is 0 Å². The van der Waals surface area contributed by atoms with E-state index in [1.807, 2.05) is 60.7 Å². The van der Waals surface area contributed by atoms with Crippen molar-refractivity contribution < 1.29 is 38.1 Å². The van der Waals surface area contributed by atoms with Crippen LogP contribution in [0.25, 0.3) is 0 Å². The van der Waals surface area contributed by atoms with Crippen molar-refractivity contribution in [2.75, 3.05) is 6.61 Å². The van der Waals surface area contributed by atoms with Crippen molar-refractivity contribution >= 4 is 17.9 Å². The average Bonchev–Trinajstić information content (AvgIpc) is 2.83. The predicted molar refractivity (Wildman–Crippen MR) is 126 cm³/mol. The SMILES string of the molecule is CC(=O)OCC1=C[C@H](OCc2ccccc2)[C@@H](OC(C)=O)[C@@H](OCc2ccccc2)[C@H]1OC(C)=O. The van der Waals surface area contributed by atoms with Crippen LogP contribution in [0.4, 0.5) is 0 Å². The molecule has 0 fully saturated rings. The Bertz CT molecular complexity index is 1020. The molecule has 0 unspecified atom stereocenters. The van der Waals surface area contributed by atoms with Gasteiger partial charge in [0, 0.05) is 26.3 Å². The summed E-state index contributed by atoms with van der Waals surface area (Å²) in [5, 5.41) is 0. The summed E-state index contributed by atoms with van der Waals surface area (Å²) in [5.74, 6) is -1.57. The Morgan fingerprint density at radius 2 is 1.20 bits per heavy atom. The summed E-state index contributed by atoms with van der Waals surface area (Å²) in [6.45, 7) is 4.14. The molecule has 0 radical (unpaired) electrons. The fourth-order valence-electron chi connectivity index (χ4n) is 3.79. The highest BCUT2D eigenvalue weighted by atomic mass is 16.6. The molecule has 1 aliphatic rings. The highest BCUT2D eigenvalue weighted by Gasteiger charge is 2.46. The lowest BCUT2D eigenvalue weighted by atomic mass is 9.88. The molecule has 0 N–H and O–H groups in total. The van der Waals surface area contributed by atoms with Crippen LogP contribution in [0.1, 0.15) is 31.9 Å². The average molecular weight is 483 g/mol. The van der Waals surface area contributed by atoms with Crippen LogP contribution in [0, 0.1) is 0 Å². The maximum atomic E-state index is 12.0. The minimum Gasteiger partial charge on any atom is -0.461 e. The molecule has 0 heterocycles. The lowest BCUT2D eigenvalue weighted by Crippen LogP contribution is -2.54. The van der Waals surface area contributed by atoms with Gasteiger partial charge in [-0.05, 0) is 17.2 Å². The van der Waals surface area contributed by atoms with Gasteiger partial charge in [-0.3, -0.25) is 14.4 Å². The first-order valence-electron chi connectivity index (χ1n) is 11.3. The molecule has 8 heteroatoms. The van der Waals surface area contributed by atoms with Crippen LogP contribution in [0.5, 0.6) is 0 Å². The first-order chi connectivity index (χ1) is 16.8. The fraction of sp³-hybridized carbons (Fsp3) is 0.370. The van der Waals surface area contributed by atoms with E-state index in [1.165, 1.54) is 20.8 Å². The van der Waals surface area contributed by atoms with Crippen LogP contribution >= 0.6 is 0 Å². The van der Waals surface area contributed by atoms with Crippen molar-refractivity contribution in [2.24, 2.45) is 0 Å². The number of carbonyl (C=O) groups is 3. The van der Waals surface area contributed by atoms with Gasteiger partial charge in [0.1, 0.15) is 18.8 Å². The Hall–Kier alpha value is -3.49. The van der Waals surface area contributed by atoms with E-state index in [1.54, 1.807) is 6.08 Å². The predicted octanol–water partition coefficient (Wildman–Crippen LogP) is 3.52. The zero-order valence-corrected chi connectivity index (χ0v) is 20.0. The van der Waals surface area contributed by atoms with Crippen LogP contribution in [-0.2, 0) is 51.3 Å². The molecule has 0 aliphatic heterocycles. The van der Waals surface area contributed by atoms with Gasteiger partial charge in [0.15, 0.2) is 12.2 Å². The second-order valence-electron chi connectivity index (χ2n) is 8.15. The number of rotatable bonds is 10. The summed E-state index contributed by atoms with van der Waals surface area (Å²) in [7, 11) is 0. The molecule has 35 heavy (non-hydrogen) atoms. The van der Waals surface area contributed by atoms with Crippen molar-refractivity contribution in [1.82, 2.24) is 0 Å². The summed E-state index contributed by atoms with van der Waals surface area (Å²) in [4.78, 5) is 35.6. The lowest BCUT2D eigenvalue weighted by Gasteiger charge is -2.40. The molecule has 0 aromatic heterocycles. The number of hydrogen-bond acceptors (Lipinski definition) is 8. The second kappa shape index (κ2) is 12.8. The lowest BCUT2D eigenvalue weighted by molar-refractivity contribution is -0.190. The van der Waals surface area contributed by atoms with Crippen molar-refractivity contribution in [3.05, 3.63) is 83.4 Å². The van der Waals surface area contributed by atoms with Gasteiger partial charge in [0.25, 0.3) is 0 Å². The maximum absolute atomic E-state index is 12.0. The van der Waals surface area contributed by atoms with E-state index in [9.17, 15) is 14.4 Å². The molecule has 0 amide bonds. The van der Waals surface area contributed by atoms with Gasteiger partial charge in [0.05, 0.1) is 13.2 Å². The standard InChI is InChI=1S/C27H30O8/c1-18(28)31-17-23-14-24(32-15-21-10-6-4-7-11-21)26(35-20(3)30)27(25(23)34-19(2)29)33-16-22-12-8-5-9-13-22/h4-14,24-27H,15-17H2,1-3H3/t24-,25-,26+,27-/m0/s1. The molecular formula is C27H30O8. The van der Waals surface area contributed by atoms with Crippen LogP contribution in [0.2, 0.25) is 0 Å². The summed E-state index contributed by atoms with van der Waals surface area (Å²) in [6.07, 6.45) is -1.83. The molecule has 8 nitrogen and oxygen atoms in total. The third-order valence-electron chi connectivity index (χ3n) is 5.30. The highest BCUT2D eigenvalue weighted by Crippen LogP contribution is 2.31. The number of carbonyl (C=O) groups excluding carboxylic acids is 3. The summed E-state index contributed by atoms with van der Waals surface area (Å²) in [6, 6.07) is 19.0. The zero-order valence-electron chi connectivity index (χ0n) is 20.0. The van der Waals surface area contributed by atoms with E-state index in [2.05, 4.69) is 0 Å². The number of hydrogen-bond donors (Lipinski definition) is 0. The molecule has 2 aromatic carbocycles. The van der Waals surface area contributed by atoms with E-state index in [0.717, 1.165) is 11.1 Å². The van der Waals surface area contributed by atoms with Crippen molar-refractivity contribution in [3.8, 4) is 0 Å². The molecule has 0 bridgehead atoms. The van der Waals surface area contributed by atoms with E-state index in [0.29, 0.717) is 5.57 Å². The van der Waals surface area contributed by atoms with Crippen molar-refractivity contribution in [2.45, 2.75) is 58.4 Å². The maximum Gasteiger partial charge on any atom is 0.303 e. The monoisotopic (exact) mass is 482 g/mol. The second-order valence-corrected chi connectivity index (χ2v) is 8.15. The summed E-state index contributed by atoms with van der Waals surface area (Å²) in [5.41, 5.74) is 2.29. The van der Waals surface area contributed by atoms with Gasteiger partial charge in [-0.1, -0.05) is 60.7 Å². The van der Waals surface area contributed by atoms with Gasteiger partial charge in [0.2, 0.25) is 0 Å².